The largest absolute Gasteiger partial charge is 0.480 e. The summed E-state index contributed by atoms with van der Waals surface area (Å²) in [5, 5.41) is 8.83. The molecule has 1 N–H and O–H groups in total. The van der Waals surface area contributed by atoms with E-state index in [2.05, 4.69) is 4.90 Å². The first-order valence-electron chi connectivity index (χ1n) is 5.69. The average Bonchev–Trinajstić information content (AvgIpc) is 2.68. The number of nitrogens with zero attached hydrogens (tertiary/aromatic N) is 1. The topological polar surface area (TPSA) is 49.8 Å². The van der Waals surface area contributed by atoms with Gasteiger partial charge in [0.05, 0.1) is 6.54 Å². The number of carboxylic acid groups (broad SMARTS) is 1. The zero-order valence-corrected chi connectivity index (χ0v) is 9.45. The highest BCUT2D eigenvalue weighted by Crippen LogP contribution is 2.23. The van der Waals surface area contributed by atoms with Crippen LogP contribution in [-0.4, -0.2) is 48.8 Å². The second-order valence-corrected chi connectivity index (χ2v) is 4.15. The van der Waals surface area contributed by atoms with Gasteiger partial charge in [0, 0.05) is 26.3 Å². The van der Waals surface area contributed by atoms with Crippen molar-refractivity contribution in [2.75, 3.05) is 26.8 Å². The van der Waals surface area contributed by atoms with E-state index in [1.165, 1.54) is 12.8 Å². The van der Waals surface area contributed by atoms with E-state index >= 15 is 0 Å². The summed E-state index contributed by atoms with van der Waals surface area (Å²) >= 11 is 0. The van der Waals surface area contributed by atoms with Crippen molar-refractivity contribution in [1.82, 2.24) is 4.90 Å². The number of ether oxygens (including phenoxy) is 1. The van der Waals surface area contributed by atoms with E-state index in [0.717, 1.165) is 25.8 Å². The Balaban J connectivity index is 2.33. The molecule has 88 valence electrons. The Hall–Kier alpha value is -0.610. The standard InChI is InChI=1S/C11H21NO3/c1-15-8-4-7-12(9-11(13)14)10-5-2-3-6-10/h10H,2-9H2,1H3,(H,13,14). The number of hydrogen-bond acceptors (Lipinski definition) is 3. The van der Waals surface area contributed by atoms with Crippen LogP contribution < -0.4 is 0 Å². The lowest BCUT2D eigenvalue weighted by Gasteiger charge is -2.26. The minimum Gasteiger partial charge on any atom is -0.480 e. The SMILES string of the molecule is COCCCN(CC(=O)O)C1CCCC1. The number of hydrogen-bond donors (Lipinski definition) is 1. The maximum Gasteiger partial charge on any atom is 0.317 e. The lowest BCUT2D eigenvalue weighted by atomic mass is 10.2. The first-order chi connectivity index (χ1) is 7.24. The van der Waals surface area contributed by atoms with Gasteiger partial charge in [-0.1, -0.05) is 12.8 Å². The third kappa shape index (κ3) is 4.62. The van der Waals surface area contributed by atoms with Crippen molar-refractivity contribution in [3.8, 4) is 0 Å². The zero-order chi connectivity index (χ0) is 11.1. The van der Waals surface area contributed by atoms with E-state index in [-0.39, 0.29) is 6.54 Å². The minimum atomic E-state index is -0.723. The first kappa shape index (κ1) is 12.5. The van der Waals surface area contributed by atoms with Crippen molar-refractivity contribution in [3.63, 3.8) is 0 Å². The molecule has 1 saturated carbocycles. The zero-order valence-electron chi connectivity index (χ0n) is 9.45. The molecule has 4 nitrogen and oxygen atoms in total. The maximum atomic E-state index is 10.7. The quantitative estimate of drug-likeness (QED) is 0.651. The van der Waals surface area contributed by atoms with Crippen LogP contribution in [0.1, 0.15) is 32.1 Å². The summed E-state index contributed by atoms with van der Waals surface area (Å²) in [5.41, 5.74) is 0. The molecule has 0 heterocycles. The van der Waals surface area contributed by atoms with Gasteiger partial charge in [0.25, 0.3) is 0 Å². The molecule has 0 spiro atoms. The van der Waals surface area contributed by atoms with E-state index < -0.39 is 5.97 Å². The molecule has 1 rings (SSSR count). The van der Waals surface area contributed by atoms with Gasteiger partial charge >= 0.3 is 5.97 Å². The van der Waals surface area contributed by atoms with E-state index in [4.69, 9.17) is 9.84 Å². The normalized spacial score (nSPS) is 17.5. The van der Waals surface area contributed by atoms with E-state index in [0.29, 0.717) is 12.6 Å². The molecular formula is C11H21NO3. The van der Waals surface area contributed by atoms with Crippen LogP contribution in [0, 0.1) is 0 Å². The van der Waals surface area contributed by atoms with Crippen molar-refractivity contribution in [2.24, 2.45) is 0 Å². The van der Waals surface area contributed by atoms with Gasteiger partial charge in [-0.25, -0.2) is 0 Å². The highest BCUT2D eigenvalue weighted by molar-refractivity contribution is 5.69. The van der Waals surface area contributed by atoms with Gasteiger partial charge in [-0.15, -0.1) is 0 Å². The molecule has 0 atom stereocenters. The predicted molar refractivity (Wildman–Crippen MR) is 58.0 cm³/mol. The van der Waals surface area contributed by atoms with Crippen molar-refractivity contribution in [3.05, 3.63) is 0 Å². The van der Waals surface area contributed by atoms with Gasteiger partial charge in [-0.3, -0.25) is 9.69 Å². The van der Waals surface area contributed by atoms with Crippen molar-refractivity contribution >= 4 is 5.97 Å². The van der Waals surface area contributed by atoms with Crippen molar-refractivity contribution in [1.29, 1.82) is 0 Å². The third-order valence-corrected chi connectivity index (χ3v) is 2.97. The summed E-state index contributed by atoms with van der Waals surface area (Å²) in [5.74, 6) is -0.723. The van der Waals surface area contributed by atoms with Gasteiger partial charge in [-0.05, 0) is 19.3 Å². The van der Waals surface area contributed by atoms with E-state index in [1.54, 1.807) is 7.11 Å². The molecule has 15 heavy (non-hydrogen) atoms. The Kier molecular flexibility index (Phi) is 5.65. The van der Waals surface area contributed by atoms with Gasteiger partial charge < -0.3 is 9.84 Å². The second kappa shape index (κ2) is 6.80. The molecule has 0 aromatic rings. The van der Waals surface area contributed by atoms with Crippen LogP contribution in [0.3, 0.4) is 0 Å². The molecule has 0 saturated heterocycles. The van der Waals surface area contributed by atoms with Gasteiger partial charge in [0.1, 0.15) is 0 Å². The summed E-state index contributed by atoms with van der Waals surface area (Å²) in [4.78, 5) is 12.8. The molecule has 1 aliphatic rings. The molecule has 0 amide bonds. The average molecular weight is 215 g/mol. The third-order valence-electron chi connectivity index (χ3n) is 2.97. The molecule has 0 unspecified atom stereocenters. The molecule has 4 heteroatoms. The Morgan fingerprint density at radius 2 is 2.13 bits per heavy atom. The Labute approximate surface area is 91.2 Å². The smallest absolute Gasteiger partial charge is 0.317 e. The summed E-state index contributed by atoms with van der Waals surface area (Å²) in [7, 11) is 1.68. The van der Waals surface area contributed by atoms with Crippen LogP contribution in [0.5, 0.6) is 0 Å². The van der Waals surface area contributed by atoms with Gasteiger partial charge in [0.15, 0.2) is 0 Å². The Morgan fingerprint density at radius 1 is 1.47 bits per heavy atom. The highest BCUT2D eigenvalue weighted by Gasteiger charge is 2.23. The number of methoxy groups -OCH3 is 1. The van der Waals surface area contributed by atoms with E-state index in [9.17, 15) is 4.79 Å². The van der Waals surface area contributed by atoms with Crippen molar-refractivity contribution < 1.29 is 14.6 Å². The van der Waals surface area contributed by atoms with E-state index in [1.807, 2.05) is 0 Å². The lowest BCUT2D eigenvalue weighted by molar-refractivity contribution is -0.139. The Morgan fingerprint density at radius 3 is 2.67 bits per heavy atom. The first-order valence-corrected chi connectivity index (χ1v) is 5.69. The molecule has 0 radical (unpaired) electrons. The molecule has 1 aliphatic carbocycles. The molecule has 1 fully saturated rings. The Bertz CT molecular complexity index is 190. The number of carboxylic acids is 1. The predicted octanol–water partition coefficient (Wildman–Crippen LogP) is 1.35. The highest BCUT2D eigenvalue weighted by atomic mass is 16.5. The fourth-order valence-electron chi connectivity index (χ4n) is 2.25. The van der Waals surface area contributed by atoms with Crippen LogP contribution in [0.2, 0.25) is 0 Å². The monoisotopic (exact) mass is 215 g/mol. The lowest BCUT2D eigenvalue weighted by Crippen LogP contribution is -2.38. The van der Waals surface area contributed by atoms with Gasteiger partial charge in [-0.2, -0.15) is 0 Å². The minimum absolute atomic E-state index is 0.175. The van der Waals surface area contributed by atoms with Gasteiger partial charge in [0.2, 0.25) is 0 Å². The van der Waals surface area contributed by atoms with Crippen LogP contribution in [-0.2, 0) is 9.53 Å². The fourth-order valence-corrected chi connectivity index (χ4v) is 2.25. The molecule has 0 aromatic carbocycles. The molecule has 0 aromatic heterocycles. The summed E-state index contributed by atoms with van der Waals surface area (Å²) < 4.78 is 4.99. The van der Waals surface area contributed by atoms with Crippen LogP contribution >= 0.6 is 0 Å². The fraction of sp³-hybridized carbons (Fsp3) is 0.909. The maximum absolute atomic E-state index is 10.7. The van der Waals surface area contributed by atoms with Crippen molar-refractivity contribution in [2.45, 2.75) is 38.1 Å². The molecule has 0 bridgehead atoms. The van der Waals surface area contributed by atoms with Crippen LogP contribution in [0.15, 0.2) is 0 Å². The second-order valence-electron chi connectivity index (χ2n) is 4.15. The molecular weight excluding hydrogens is 194 g/mol. The number of rotatable bonds is 7. The summed E-state index contributed by atoms with van der Waals surface area (Å²) in [6, 6.07) is 0.484. The van der Waals surface area contributed by atoms with Crippen LogP contribution in [0.4, 0.5) is 0 Å². The number of aliphatic carboxylic acids is 1. The number of carbonyl (C=O) groups is 1. The summed E-state index contributed by atoms with van der Waals surface area (Å²) in [6.07, 6.45) is 5.71. The van der Waals surface area contributed by atoms with Crippen LogP contribution in [0.25, 0.3) is 0 Å². The summed E-state index contributed by atoms with van der Waals surface area (Å²) in [6.45, 7) is 1.72. The molecule has 0 aliphatic heterocycles.